The van der Waals surface area contributed by atoms with Crippen LogP contribution in [0.15, 0.2) is 36.5 Å². The number of hydrogen-bond acceptors (Lipinski definition) is 5. The van der Waals surface area contributed by atoms with Gasteiger partial charge in [-0.25, -0.2) is 0 Å². The second kappa shape index (κ2) is 8.31. The average molecular weight is 411 g/mol. The summed E-state index contributed by atoms with van der Waals surface area (Å²) >= 11 is 0. The van der Waals surface area contributed by atoms with Crippen LogP contribution in [0.3, 0.4) is 0 Å². The minimum atomic E-state index is -0.435. The molecule has 30 heavy (non-hydrogen) atoms. The van der Waals surface area contributed by atoms with Gasteiger partial charge in [0.05, 0.1) is 30.0 Å². The van der Waals surface area contributed by atoms with Crippen LogP contribution in [0.25, 0.3) is 10.9 Å². The van der Waals surface area contributed by atoms with Gasteiger partial charge in [0.15, 0.2) is 0 Å². The molecule has 0 atom stereocenters. The zero-order valence-electron chi connectivity index (χ0n) is 17.2. The first-order valence-electron chi connectivity index (χ1n) is 10.3. The smallest absolute Gasteiger partial charge is 0.325 e. The Morgan fingerprint density at radius 2 is 2.07 bits per heavy atom. The van der Waals surface area contributed by atoms with Crippen molar-refractivity contribution in [1.82, 2.24) is 9.78 Å². The first-order chi connectivity index (χ1) is 14.5. The summed E-state index contributed by atoms with van der Waals surface area (Å²) in [5.74, 6) is 0.0926. The van der Waals surface area contributed by atoms with E-state index in [1.54, 1.807) is 25.1 Å². The molecule has 1 fully saturated rings. The standard InChI is InChI=1S/C22H26N4O4/c1-3-30-21-12-18-15(13-25(24-18)16-7-9-17(27)10-8-16)11-19(21)23-22(28)20-6-4-5-14(2)26(20)29/h4-6,11-13,16-17,27H,3,7-10H2,1-2H3,(H-,23,28,29)/p+1/t16-,17-. The van der Waals surface area contributed by atoms with Crippen molar-refractivity contribution < 1.29 is 24.6 Å². The van der Waals surface area contributed by atoms with E-state index in [1.807, 2.05) is 29.9 Å². The lowest BCUT2D eigenvalue weighted by molar-refractivity contribution is -0.909. The molecule has 4 rings (SSSR count). The number of carbonyl (C=O) groups is 1. The molecule has 1 saturated carbocycles. The Hall–Kier alpha value is -3.13. The summed E-state index contributed by atoms with van der Waals surface area (Å²) in [5.41, 5.74) is 2.00. The molecule has 1 amide bonds. The molecular formula is C22H27N4O4+. The molecule has 3 aromatic rings. The molecule has 0 spiro atoms. The number of aliphatic hydroxyl groups is 1. The summed E-state index contributed by atoms with van der Waals surface area (Å²) in [6, 6.07) is 8.91. The van der Waals surface area contributed by atoms with Crippen molar-refractivity contribution >= 4 is 22.5 Å². The summed E-state index contributed by atoms with van der Waals surface area (Å²) in [6.07, 6.45) is 5.10. The molecule has 8 nitrogen and oxygen atoms in total. The summed E-state index contributed by atoms with van der Waals surface area (Å²) in [6.45, 7) is 4.04. The van der Waals surface area contributed by atoms with E-state index < -0.39 is 5.91 Å². The number of rotatable bonds is 5. The molecule has 1 aromatic carbocycles. The van der Waals surface area contributed by atoms with Gasteiger partial charge in [0.2, 0.25) is 5.69 Å². The number of aliphatic hydroxyl groups excluding tert-OH is 1. The number of amides is 1. The number of ether oxygens (including phenoxy) is 1. The van der Waals surface area contributed by atoms with Crippen molar-refractivity contribution in [3.63, 3.8) is 0 Å². The predicted molar refractivity (Wildman–Crippen MR) is 111 cm³/mol. The van der Waals surface area contributed by atoms with E-state index in [0.717, 1.165) is 41.3 Å². The fourth-order valence-electron chi connectivity index (χ4n) is 3.92. The van der Waals surface area contributed by atoms with Crippen molar-refractivity contribution in [2.75, 3.05) is 11.9 Å². The van der Waals surface area contributed by atoms with Gasteiger partial charge in [0, 0.05) is 41.4 Å². The highest BCUT2D eigenvalue weighted by atomic mass is 16.5. The Balaban J connectivity index is 1.65. The quantitative estimate of drug-likeness (QED) is 0.443. The van der Waals surface area contributed by atoms with Gasteiger partial charge >= 0.3 is 11.6 Å². The van der Waals surface area contributed by atoms with E-state index in [9.17, 15) is 15.1 Å². The zero-order chi connectivity index (χ0) is 21.3. The van der Waals surface area contributed by atoms with Crippen molar-refractivity contribution in [3.05, 3.63) is 47.9 Å². The fraction of sp³-hybridized carbons (Fsp3) is 0.409. The normalized spacial score (nSPS) is 19.0. The Morgan fingerprint density at radius 3 is 2.80 bits per heavy atom. The van der Waals surface area contributed by atoms with E-state index in [4.69, 9.17) is 9.84 Å². The van der Waals surface area contributed by atoms with Gasteiger partial charge < -0.3 is 15.2 Å². The number of fused-ring (bicyclic) bond motifs is 1. The molecule has 2 heterocycles. The highest BCUT2D eigenvalue weighted by molar-refractivity contribution is 6.04. The van der Waals surface area contributed by atoms with E-state index in [2.05, 4.69) is 5.32 Å². The number of aryl methyl sites for hydroxylation is 1. The van der Waals surface area contributed by atoms with Gasteiger partial charge in [-0.15, -0.1) is 0 Å². The summed E-state index contributed by atoms with van der Waals surface area (Å²) in [4.78, 5) is 12.8. The van der Waals surface area contributed by atoms with Crippen LogP contribution in [-0.4, -0.2) is 38.7 Å². The van der Waals surface area contributed by atoms with E-state index in [-0.39, 0.29) is 17.8 Å². The number of hydrogen-bond donors (Lipinski definition) is 3. The number of nitrogens with one attached hydrogen (secondary N) is 1. The molecular weight excluding hydrogens is 384 g/mol. The van der Waals surface area contributed by atoms with Crippen LogP contribution in [0.2, 0.25) is 0 Å². The highest BCUT2D eigenvalue weighted by Gasteiger charge is 2.24. The first kappa shape index (κ1) is 20.2. The van der Waals surface area contributed by atoms with Crippen LogP contribution in [0.4, 0.5) is 5.69 Å². The Morgan fingerprint density at radius 1 is 1.30 bits per heavy atom. The minimum absolute atomic E-state index is 0.133. The lowest BCUT2D eigenvalue weighted by atomic mass is 9.93. The molecule has 0 saturated heterocycles. The fourth-order valence-corrected chi connectivity index (χ4v) is 3.92. The number of aromatic nitrogens is 3. The molecule has 2 aromatic heterocycles. The van der Waals surface area contributed by atoms with Gasteiger partial charge in [-0.2, -0.15) is 5.10 Å². The third kappa shape index (κ3) is 3.95. The number of nitrogens with zero attached hydrogens (tertiary/aromatic N) is 3. The number of pyridine rings is 1. The van der Waals surface area contributed by atoms with Crippen molar-refractivity contribution in [2.24, 2.45) is 0 Å². The van der Waals surface area contributed by atoms with Gasteiger partial charge in [-0.05, 0) is 44.7 Å². The molecule has 1 aliphatic carbocycles. The monoisotopic (exact) mass is 411 g/mol. The van der Waals surface area contributed by atoms with Gasteiger partial charge in [0.1, 0.15) is 5.75 Å². The maximum Gasteiger partial charge on any atom is 0.325 e. The third-order valence-corrected chi connectivity index (χ3v) is 5.60. The van der Waals surface area contributed by atoms with E-state index >= 15 is 0 Å². The third-order valence-electron chi connectivity index (χ3n) is 5.60. The minimum Gasteiger partial charge on any atom is -0.492 e. The maximum atomic E-state index is 12.8. The lowest BCUT2D eigenvalue weighted by Crippen LogP contribution is -2.42. The number of carbonyl (C=O) groups excluding carboxylic acids is 1. The SMILES string of the molecule is CCOc1cc2nn([C@H]3CC[C@H](O)CC3)cc2cc1NC(=O)c1cccc(C)[n+]1O. The summed E-state index contributed by atoms with van der Waals surface area (Å²) < 4.78 is 8.56. The van der Waals surface area contributed by atoms with Crippen LogP contribution in [-0.2, 0) is 0 Å². The second-order valence-corrected chi connectivity index (χ2v) is 7.73. The van der Waals surface area contributed by atoms with Gasteiger partial charge in [0.25, 0.3) is 0 Å². The molecule has 0 aliphatic heterocycles. The van der Waals surface area contributed by atoms with Crippen LogP contribution >= 0.6 is 0 Å². The molecule has 3 N–H and O–H groups in total. The van der Waals surface area contributed by atoms with E-state index in [1.165, 1.54) is 0 Å². The molecule has 0 radical (unpaired) electrons. The molecule has 0 unspecified atom stereocenters. The lowest BCUT2D eigenvalue weighted by Gasteiger charge is -2.25. The largest absolute Gasteiger partial charge is 0.492 e. The zero-order valence-corrected chi connectivity index (χ0v) is 17.2. The van der Waals surface area contributed by atoms with Crippen LogP contribution < -0.4 is 14.8 Å². The number of anilines is 1. The maximum absolute atomic E-state index is 12.8. The van der Waals surface area contributed by atoms with Crippen molar-refractivity contribution in [3.8, 4) is 5.75 Å². The first-order valence-corrected chi connectivity index (χ1v) is 10.3. The molecule has 0 bridgehead atoms. The molecule has 8 heteroatoms. The Kier molecular flexibility index (Phi) is 5.59. The van der Waals surface area contributed by atoms with Crippen LogP contribution in [0.1, 0.15) is 54.8 Å². The van der Waals surface area contributed by atoms with Crippen LogP contribution in [0, 0.1) is 6.92 Å². The molecule has 158 valence electrons. The van der Waals surface area contributed by atoms with E-state index in [0.29, 0.717) is 23.7 Å². The molecule has 1 aliphatic rings. The van der Waals surface area contributed by atoms with Gasteiger partial charge in [-0.3, -0.25) is 14.7 Å². The van der Waals surface area contributed by atoms with Gasteiger partial charge in [-0.1, -0.05) is 0 Å². The number of benzene rings is 1. The summed E-state index contributed by atoms with van der Waals surface area (Å²) in [7, 11) is 0. The van der Waals surface area contributed by atoms with Crippen molar-refractivity contribution in [1.29, 1.82) is 0 Å². The average Bonchev–Trinajstić information content (AvgIpc) is 3.13. The Labute approximate surface area is 174 Å². The van der Waals surface area contributed by atoms with Crippen molar-refractivity contribution in [2.45, 2.75) is 51.7 Å². The second-order valence-electron chi connectivity index (χ2n) is 7.73. The topological polar surface area (TPSA) is 100 Å². The van der Waals surface area contributed by atoms with Crippen LogP contribution in [0.5, 0.6) is 5.75 Å². The predicted octanol–water partition coefficient (Wildman–Crippen LogP) is 3.00. The highest BCUT2D eigenvalue weighted by Crippen LogP contribution is 2.33. The Bertz CT molecular complexity index is 1070. The summed E-state index contributed by atoms with van der Waals surface area (Å²) in [5, 5.41) is 28.4.